The maximum atomic E-state index is 13.8. The smallest absolute Gasteiger partial charge is 0.398 e. The summed E-state index contributed by atoms with van der Waals surface area (Å²) in [5.41, 5.74) is 5.76. The van der Waals surface area contributed by atoms with Crippen LogP contribution in [0.3, 0.4) is 0 Å². The summed E-state index contributed by atoms with van der Waals surface area (Å²) in [6.45, 7) is 1.98. The van der Waals surface area contributed by atoms with Crippen molar-refractivity contribution in [3.8, 4) is 0 Å². The molecule has 0 spiro atoms. The van der Waals surface area contributed by atoms with E-state index >= 15 is 0 Å². The van der Waals surface area contributed by atoms with Gasteiger partial charge in [-0.3, -0.25) is 14.6 Å². The molecular weight excluding hydrogens is 427 g/mol. The molecule has 1 heterocycles. The van der Waals surface area contributed by atoms with Crippen LogP contribution in [-0.4, -0.2) is 53.5 Å². The Hall–Kier alpha value is -2.33. The molecule has 1 saturated heterocycles. The number of rotatable bonds is 5. The number of hydrogen-bond acceptors (Lipinski definition) is 5. The summed E-state index contributed by atoms with van der Waals surface area (Å²) in [5, 5.41) is 2.21. The van der Waals surface area contributed by atoms with Crippen LogP contribution >= 0.6 is 12.4 Å². The SMILES string of the molecule is CCOC(=O)C(=O)N1CCCCCN1C(=O)C[C@H](N)Cc1cc(F)c(F)cc1F.Cl. The zero-order chi connectivity index (χ0) is 21.6. The summed E-state index contributed by atoms with van der Waals surface area (Å²) in [6.07, 6.45) is 1.54. The van der Waals surface area contributed by atoms with Gasteiger partial charge in [0.15, 0.2) is 11.6 Å². The highest BCUT2D eigenvalue weighted by atomic mass is 35.5. The number of hydrogen-bond donors (Lipinski definition) is 1. The molecule has 1 aromatic rings. The minimum Gasteiger partial charge on any atom is -0.459 e. The molecule has 0 saturated carbocycles. The van der Waals surface area contributed by atoms with Crippen molar-refractivity contribution in [2.45, 2.75) is 45.1 Å². The van der Waals surface area contributed by atoms with Crippen molar-refractivity contribution < 1.29 is 32.3 Å². The van der Waals surface area contributed by atoms with Crippen molar-refractivity contribution in [2.75, 3.05) is 19.7 Å². The van der Waals surface area contributed by atoms with Crippen LogP contribution < -0.4 is 5.73 Å². The number of carbonyl (C=O) groups is 3. The minimum absolute atomic E-state index is 0. The summed E-state index contributed by atoms with van der Waals surface area (Å²) in [4.78, 5) is 36.9. The highest BCUT2D eigenvalue weighted by Gasteiger charge is 2.32. The van der Waals surface area contributed by atoms with Crippen LogP contribution in [0.4, 0.5) is 13.2 Å². The highest BCUT2D eigenvalue weighted by molar-refractivity contribution is 6.32. The second-order valence-corrected chi connectivity index (χ2v) is 6.75. The van der Waals surface area contributed by atoms with Gasteiger partial charge in [-0.1, -0.05) is 0 Å². The molecule has 11 heteroatoms. The largest absolute Gasteiger partial charge is 0.459 e. The molecule has 0 aromatic heterocycles. The van der Waals surface area contributed by atoms with Crippen molar-refractivity contribution >= 4 is 30.2 Å². The number of carbonyl (C=O) groups excluding carboxylic acids is 3. The van der Waals surface area contributed by atoms with Gasteiger partial charge in [0.25, 0.3) is 0 Å². The van der Waals surface area contributed by atoms with E-state index in [0.717, 1.165) is 16.4 Å². The average Bonchev–Trinajstić information content (AvgIpc) is 2.91. The van der Waals surface area contributed by atoms with E-state index in [1.165, 1.54) is 0 Å². The van der Waals surface area contributed by atoms with Gasteiger partial charge in [0.1, 0.15) is 5.82 Å². The number of amides is 2. The van der Waals surface area contributed by atoms with Crippen molar-refractivity contribution in [1.82, 2.24) is 10.0 Å². The number of nitrogens with two attached hydrogens (primary N) is 1. The summed E-state index contributed by atoms with van der Waals surface area (Å²) in [6, 6.07) is 0.232. The van der Waals surface area contributed by atoms with E-state index in [4.69, 9.17) is 10.5 Å². The molecule has 0 radical (unpaired) electrons. The quantitative estimate of drug-likeness (QED) is 0.420. The maximum absolute atomic E-state index is 13.8. The number of ether oxygens (including phenoxy) is 1. The molecule has 1 aliphatic rings. The number of nitrogens with zero attached hydrogens (tertiary/aromatic N) is 2. The van der Waals surface area contributed by atoms with Gasteiger partial charge < -0.3 is 10.5 Å². The van der Waals surface area contributed by atoms with Crippen LogP contribution in [0.2, 0.25) is 0 Å². The Bertz CT molecular complexity index is 782. The molecule has 2 N–H and O–H groups in total. The molecule has 7 nitrogen and oxygen atoms in total. The molecule has 0 unspecified atom stereocenters. The minimum atomic E-state index is -1.31. The number of hydrazine groups is 1. The Morgan fingerprint density at radius 1 is 1.03 bits per heavy atom. The fourth-order valence-electron chi connectivity index (χ4n) is 3.11. The Kier molecular flexibility index (Phi) is 10.1. The first-order valence-corrected chi connectivity index (χ1v) is 9.42. The molecule has 0 bridgehead atoms. The monoisotopic (exact) mass is 451 g/mol. The van der Waals surface area contributed by atoms with Crippen molar-refractivity contribution in [2.24, 2.45) is 5.73 Å². The zero-order valence-corrected chi connectivity index (χ0v) is 17.4. The topological polar surface area (TPSA) is 92.9 Å². The summed E-state index contributed by atoms with van der Waals surface area (Å²) in [5.74, 6) is -6.00. The molecule has 168 valence electrons. The van der Waals surface area contributed by atoms with Crippen LogP contribution in [0.5, 0.6) is 0 Å². The summed E-state index contributed by atoms with van der Waals surface area (Å²) >= 11 is 0. The number of halogens is 4. The van der Waals surface area contributed by atoms with Crippen molar-refractivity contribution in [1.29, 1.82) is 0 Å². The Morgan fingerprint density at radius 2 is 1.63 bits per heavy atom. The van der Waals surface area contributed by atoms with Gasteiger partial charge in [-0.05, 0) is 44.2 Å². The predicted octanol–water partition coefficient (Wildman–Crippen LogP) is 2.10. The second kappa shape index (κ2) is 11.8. The first kappa shape index (κ1) is 25.7. The Morgan fingerprint density at radius 3 is 2.27 bits per heavy atom. The number of benzene rings is 1. The molecule has 2 amide bonds. The lowest BCUT2D eigenvalue weighted by atomic mass is 10.0. The van der Waals surface area contributed by atoms with E-state index < -0.39 is 41.3 Å². The molecular formula is C19H25ClF3N3O4. The number of esters is 1. The molecule has 1 aliphatic heterocycles. The van der Waals surface area contributed by atoms with Gasteiger partial charge in [-0.25, -0.2) is 23.0 Å². The van der Waals surface area contributed by atoms with E-state index in [0.29, 0.717) is 25.0 Å². The summed E-state index contributed by atoms with van der Waals surface area (Å²) in [7, 11) is 0. The lowest BCUT2D eigenvalue weighted by Crippen LogP contribution is -2.53. The van der Waals surface area contributed by atoms with Crippen LogP contribution in [-0.2, 0) is 25.5 Å². The van der Waals surface area contributed by atoms with Crippen LogP contribution in [0, 0.1) is 17.5 Å². The normalized spacial score (nSPS) is 15.1. The average molecular weight is 452 g/mol. The Labute approximate surface area is 178 Å². The molecule has 30 heavy (non-hydrogen) atoms. The van der Waals surface area contributed by atoms with Gasteiger partial charge in [0, 0.05) is 31.6 Å². The molecule has 0 aliphatic carbocycles. The predicted molar refractivity (Wildman–Crippen MR) is 104 cm³/mol. The van der Waals surface area contributed by atoms with Crippen molar-refractivity contribution in [3.63, 3.8) is 0 Å². The van der Waals surface area contributed by atoms with Gasteiger partial charge in [-0.15, -0.1) is 12.4 Å². The van der Waals surface area contributed by atoms with Crippen LogP contribution in [0.25, 0.3) is 0 Å². The van der Waals surface area contributed by atoms with E-state index in [1.807, 2.05) is 0 Å². The maximum Gasteiger partial charge on any atom is 0.398 e. The molecule has 2 rings (SSSR count). The third-order valence-electron chi connectivity index (χ3n) is 4.51. The van der Waals surface area contributed by atoms with E-state index in [1.54, 1.807) is 6.92 Å². The van der Waals surface area contributed by atoms with Crippen LogP contribution in [0.15, 0.2) is 12.1 Å². The first-order chi connectivity index (χ1) is 13.7. The zero-order valence-electron chi connectivity index (χ0n) is 16.5. The van der Waals surface area contributed by atoms with Gasteiger partial charge in [0.05, 0.1) is 6.61 Å². The Balaban J connectivity index is 0.00000450. The van der Waals surface area contributed by atoms with E-state index in [9.17, 15) is 27.6 Å². The highest BCUT2D eigenvalue weighted by Crippen LogP contribution is 2.18. The summed E-state index contributed by atoms with van der Waals surface area (Å²) < 4.78 is 44.9. The third-order valence-corrected chi connectivity index (χ3v) is 4.51. The molecule has 1 atom stereocenters. The second-order valence-electron chi connectivity index (χ2n) is 6.75. The fraction of sp³-hybridized carbons (Fsp3) is 0.526. The third kappa shape index (κ3) is 6.60. The lowest BCUT2D eigenvalue weighted by molar-refractivity contribution is -0.174. The lowest BCUT2D eigenvalue weighted by Gasteiger charge is -2.33. The first-order valence-electron chi connectivity index (χ1n) is 9.42. The van der Waals surface area contributed by atoms with E-state index in [2.05, 4.69) is 0 Å². The van der Waals surface area contributed by atoms with Crippen LogP contribution in [0.1, 0.15) is 38.2 Å². The van der Waals surface area contributed by atoms with Gasteiger partial charge >= 0.3 is 11.9 Å². The van der Waals surface area contributed by atoms with E-state index in [-0.39, 0.29) is 50.5 Å². The van der Waals surface area contributed by atoms with Crippen molar-refractivity contribution in [3.05, 3.63) is 35.1 Å². The van der Waals surface area contributed by atoms with Gasteiger partial charge in [-0.2, -0.15) is 0 Å². The molecule has 1 aromatic carbocycles. The fourth-order valence-corrected chi connectivity index (χ4v) is 3.11. The van der Waals surface area contributed by atoms with Gasteiger partial charge in [0.2, 0.25) is 5.91 Å². The standard InChI is InChI=1S/C19H24F3N3O4.ClH/c1-2-29-19(28)18(27)25-7-5-3-4-6-24(25)17(26)10-13(23)8-12-9-15(21)16(22)11-14(12)20;/h9,11,13H,2-8,10,23H2,1H3;1H/t13-;/m1./s1. The molecule has 1 fully saturated rings.